The second-order valence-electron chi connectivity index (χ2n) is 7.92. The Morgan fingerprint density at radius 2 is 1.50 bits per heavy atom. The third-order valence-corrected chi connectivity index (χ3v) is 5.78. The number of carbonyl (C=O) groups excluding carboxylic acids is 1. The zero-order valence-electron chi connectivity index (χ0n) is 17.6. The van der Waals surface area contributed by atoms with E-state index in [1.807, 2.05) is 24.3 Å². The van der Waals surface area contributed by atoms with Crippen LogP contribution >= 0.6 is 0 Å². The molecule has 2 N–H and O–H groups in total. The van der Waals surface area contributed by atoms with Crippen molar-refractivity contribution in [2.75, 3.05) is 6.61 Å². The summed E-state index contributed by atoms with van der Waals surface area (Å²) in [6, 6.07) is 15.3. The molecular weight excluding hydrogens is 378 g/mol. The van der Waals surface area contributed by atoms with Crippen LogP contribution in [0.2, 0.25) is 0 Å². The van der Waals surface area contributed by atoms with Crippen molar-refractivity contribution in [2.45, 2.75) is 63.8 Å². The number of carboxylic acid groups (broad SMARTS) is 1. The van der Waals surface area contributed by atoms with Gasteiger partial charge in [-0.1, -0.05) is 94.0 Å². The minimum absolute atomic E-state index is 0.0370. The average Bonchev–Trinajstić information content (AvgIpc) is 3.07. The lowest BCUT2D eigenvalue weighted by Crippen LogP contribution is -2.41. The van der Waals surface area contributed by atoms with E-state index in [-0.39, 0.29) is 12.5 Å². The highest BCUT2D eigenvalue weighted by atomic mass is 16.5. The zero-order chi connectivity index (χ0) is 21.3. The van der Waals surface area contributed by atoms with Gasteiger partial charge in [-0.25, -0.2) is 9.59 Å². The fraction of sp³-hybridized carbons (Fsp3) is 0.440. The summed E-state index contributed by atoms with van der Waals surface area (Å²) < 4.78 is 5.47. The Balaban J connectivity index is 1.53. The first kappa shape index (κ1) is 21.9. The Kier molecular flexibility index (Phi) is 7.89. The van der Waals surface area contributed by atoms with Gasteiger partial charge in [-0.15, -0.1) is 0 Å². The highest BCUT2D eigenvalue weighted by molar-refractivity contribution is 5.81. The third-order valence-electron chi connectivity index (χ3n) is 5.78. The van der Waals surface area contributed by atoms with Gasteiger partial charge in [0, 0.05) is 5.92 Å². The SMILES string of the molecule is CCCCCCCC[C@@H](NC(=O)OCC1c2ccccc2-c2ccccc21)C(=O)O. The molecule has 0 saturated heterocycles. The lowest BCUT2D eigenvalue weighted by molar-refractivity contribution is -0.139. The second kappa shape index (κ2) is 10.8. The third kappa shape index (κ3) is 5.41. The summed E-state index contributed by atoms with van der Waals surface area (Å²) in [5.41, 5.74) is 4.59. The van der Waals surface area contributed by atoms with Crippen LogP contribution in [0.1, 0.15) is 68.9 Å². The number of unbranched alkanes of at least 4 members (excludes halogenated alkanes) is 5. The number of amides is 1. The Hall–Kier alpha value is -2.82. The molecule has 1 aliphatic carbocycles. The fourth-order valence-electron chi connectivity index (χ4n) is 4.17. The van der Waals surface area contributed by atoms with E-state index in [9.17, 15) is 14.7 Å². The minimum atomic E-state index is -1.02. The molecule has 3 rings (SSSR count). The van der Waals surface area contributed by atoms with Crippen molar-refractivity contribution >= 4 is 12.1 Å². The maximum Gasteiger partial charge on any atom is 0.407 e. The van der Waals surface area contributed by atoms with Crippen molar-refractivity contribution in [3.63, 3.8) is 0 Å². The molecule has 0 saturated carbocycles. The van der Waals surface area contributed by atoms with Gasteiger partial charge >= 0.3 is 12.1 Å². The molecule has 0 heterocycles. The second-order valence-corrected chi connectivity index (χ2v) is 7.92. The summed E-state index contributed by atoms with van der Waals surface area (Å²) in [6.07, 6.45) is 6.18. The first-order chi connectivity index (χ1) is 14.6. The number of benzene rings is 2. The lowest BCUT2D eigenvalue weighted by Gasteiger charge is -2.17. The van der Waals surface area contributed by atoms with Crippen molar-refractivity contribution in [1.82, 2.24) is 5.32 Å². The Morgan fingerprint density at radius 3 is 2.10 bits per heavy atom. The molecule has 30 heavy (non-hydrogen) atoms. The van der Waals surface area contributed by atoms with Crippen molar-refractivity contribution in [3.05, 3.63) is 59.7 Å². The summed E-state index contributed by atoms with van der Waals surface area (Å²) in [4.78, 5) is 23.8. The summed E-state index contributed by atoms with van der Waals surface area (Å²) in [5.74, 6) is -1.05. The van der Waals surface area contributed by atoms with Crippen LogP contribution in [0.15, 0.2) is 48.5 Å². The Labute approximate surface area is 178 Å². The first-order valence-corrected chi connectivity index (χ1v) is 11.0. The zero-order valence-corrected chi connectivity index (χ0v) is 17.6. The largest absolute Gasteiger partial charge is 0.480 e. The monoisotopic (exact) mass is 409 g/mol. The van der Waals surface area contributed by atoms with Crippen LogP contribution in [0.4, 0.5) is 4.79 Å². The quantitative estimate of drug-likeness (QED) is 0.465. The molecule has 0 fully saturated rings. The van der Waals surface area contributed by atoms with Crippen LogP contribution in [0.5, 0.6) is 0 Å². The van der Waals surface area contributed by atoms with Gasteiger partial charge in [0.2, 0.25) is 0 Å². The smallest absolute Gasteiger partial charge is 0.407 e. The number of hydrogen-bond donors (Lipinski definition) is 2. The molecule has 0 radical (unpaired) electrons. The number of fused-ring (bicyclic) bond motifs is 3. The number of carboxylic acids is 1. The maximum absolute atomic E-state index is 12.3. The van der Waals surface area contributed by atoms with E-state index in [1.165, 1.54) is 19.3 Å². The van der Waals surface area contributed by atoms with Crippen molar-refractivity contribution in [2.24, 2.45) is 0 Å². The molecule has 0 unspecified atom stereocenters. The summed E-state index contributed by atoms with van der Waals surface area (Å²) in [6.45, 7) is 2.35. The van der Waals surface area contributed by atoms with E-state index in [0.717, 1.165) is 41.5 Å². The molecule has 1 aliphatic rings. The predicted octanol–water partition coefficient (Wildman–Crippen LogP) is 5.73. The van der Waals surface area contributed by atoms with Crippen molar-refractivity contribution in [3.8, 4) is 11.1 Å². The number of nitrogens with one attached hydrogen (secondary N) is 1. The minimum Gasteiger partial charge on any atom is -0.480 e. The van der Waals surface area contributed by atoms with Gasteiger partial charge in [0.05, 0.1) is 0 Å². The fourth-order valence-corrected chi connectivity index (χ4v) is 4.17. The van der Waals surface area contributed by atoms with Crippen LogP contribution < -0.4 is 5.32 Å². The number of rotatable bonds is 11. The first-order valence-electron chi connectivity index (χ1n) is 11.0. The lowest BCUT2D eigenvalue weighted by atomic mass is 9.98. The Bertz CT molecular complexity index is 818. The molecule has 5 heteroatoms. The van der Waals surface area contributed by atoms with Crippen LogP contribution in [-0.4, -0.2) is 29.8 Å². The number of hydrogen-bond acceptors (Lipinski definition) is 3. The van der Waals surface area contributed by atoms with E-state index < -0.39 is 18.1 Å². The van der Waals surface area contributed by atoms with Crippen LogP contribution in [0.25, 0.3) is 11.1 Å². The van der Waals surface area contributed by atoms with E-state index in [0.29, 0.717) is 6.42 Å². The van der Waals surface area contributed by atoms with Gasteiger partial charge in [-0.05, 0) is 28.7 Å². The molecule has 0 spiro atoms. The average molecular weight is 410 g/mol. The summed E-state index contributed by atoms with van der Waals surface area (Å²) in [7, 11) is 0. The topological polar surface area (TPSA) is 75.6 Å². The van der Waals surface area contributed by atoms with E-state index in [1.54, 1.807) is 0 Å². The van der Waals surface area contributed by atoms with Gasteiger partial charge in [0.1, 0.15) is 12.6 Å². The maximum atomic E-state index is 12.3. The van der Waals surface area contributed by atoms with E-state index in [4.69, 9.17) is 4.74 Å². The normalized spacial score (nSPS) is 13.4. The molecule has 0 aromatic heterocycles. The summed E-state index contributed by atoms with van der Waals surface area (Å²) in [5, 5.41) is 12.0. The predicted molar refractivity (Wildman–Crippen MR) is 118 cm³/mol. The molecule has 1 atom stereocenters. The molecule has 2 aromatic carbocycles. The number of aliphatic carboxylic acids is 1. The van der Waals surface area contributed by atoms with Crippen molar-refractivity contribution < 1.29 is 19.4 Å². The number of ether oxygens (including phenoxy) is 1. The van der Waals surface area contributed by atoms with Crippen LogP contribution in [0, 0.1) is 0 Å². The number of carbonyl (C=O) groups is 2. The van der Waals surface area contributed by atoms with Gasteiger partial charge in [0.25, 0.3) is 0 Å². The molecule has 0 aliphatic heterocycles. The van der Waals surface area contributed by atoms with Gasteiger partial charge < -0.3 is 15.2 Å². The summed E-state index contributed by atoms with van der Waals surface area (Å²) >= 11 is 0. The van der Waals surface area contributed by atoms with E-state index in [2.05, 4.69) is 36.5 Å². The highest BCUT2D eigenvalue weighted by Crippen LogP contribution is 2.44. The molecule has 160 valence electrons. The van der Waals surface area contributed by atoms with E-state index >= 15 is 0 Å². The van der Waals surface area contributed by atoms with Crippen molar-refractivity contribution in [1.29, 1.82) is 0 Å². The van der Waals surface area contributed by atoms with Gasteiger partial charge in [-0.2, -0.15) is 0 Å². The molecule has 5 nitrogen and oxygen atoms in total. The van der Waals surface area contributed by atoms with Gasteiger partial charge in [-0.3, -0.25) is 0 Å². The highest BCUT2D eigenvalue weighted by Gasteiger charge is 2.29. The molecular formula is C25H31NO4. The Morgan fingerprint density at radius 1 is 0.933 bits per heavy atom. The molecule has 1 amide bonds. The molecule has 0 bridgehead atoms. The standard InChI is InChI=1S/C25H31NO4/c1-2-3-4-5-6-7-16-23(24(27)28)26-25(29)30-17-22-20-14-10-8-12-18(20)19-13-9-11-15-21(19)22/h8-15,22-23H,2-7,16-17H2,1H3,(H,26,29)(H,27,28)/t23-/m1/s1. The molecule has 2 aromatic rings. The van der Waals surface area contributed by atoms with Gasteiger partial charge in [0.15, 0.2) is 0 Å². The van der Waals surface area contributed by atoms with Crippen LogP contribution in [-0.2, 0) is 9.53 Å². The van der Waals surface area contributed by atoms with Crippen LogP contribution in [0.3, 0.4) is 0 Å². The number of alkyl carbamates (subject to hydrolysis) is 1.